The highest BCUT2D eigenvalue weighted by molar-refractivity contribution is 6.32. The maximum absolute atomic E-state index is 10.9. The van der Waals surface area contributed by atoms with Gasteiger partial charge in [-0.2, -0.15) is 0 Å². The van der Waals surface area contributed by atoms with Crippen LogP contribution in [0.4, 0.5) is 0 Å². The first-order valence-corrected chi connectivity index (χ1v) is 6.83. The van der Waals surface area contributed by atoms with Gasteiger partial charge in [-0.15, -0.1) is 0 Å². The summed E-state index contributed by atoms with van der Waals surface area (Å²) in [6.07, 6.45) is 0. The second kappa shape index (κ2) is 7.36. The minimum atomic E-state index is -0.881. The summed E-state index contributed by atoms with van der Waals surface area (Å²) >= 11 is 5.96. The fraction of sp³-hybridized carbons (Fsp3) is 0.500. The van der Waals surface area contributed by atoms with E-state index >= 15 is 0 Å². The van der Waals surface area contributed by atoms with E-state index in [0.29, 0.717) is 18.9 Å². The van der Waals surface area contributed by atoms with Crippen molar-refractivity contribution in [3.63, 3.8) is 0 Å². The van der Waals surface area contributed by atoms with Crippen LogP contribution in [-0.2, 0) is 11.3 Å². The molecule has 0 aliphatic carbocycles. The molecule has 1 rings (SSSR count). The highest BCUT2D eigenvalue weighted by Crippen LogP contribution is 2.35. The number of hydrogen-bond acceptors (Lipinski definition) is 4. The van der Waals surface area contributed by atoms with Crippen molar-refractivity contribution in [1.29, 1.82) is 0 Å². The van der Waals surface area contributed by atoms with Gasteiger partial charge in [0.15, 0.2) is 11.5 Å². The molecule has 0 aliphatic rings. The molecule has 0 aliphatic heterocycles. The fourth-order valence-electron chi connectivity index (χ4n) is 1.81. The van der Waals surface area contributed by atoms with Gasteiger partial charge in [-0.1, -0.05) is 11.6 Å². The summed E-state index contributed by atoms with van der Waals surface area (Å²) < 4.78 is 5.31. The van der Waals surface area contributed by atoms with Gasteiger partial charge in [0.1, 0.15) is 0 Å². The van der Waals surface area contributed by atoms with Crippen LogP contribution in [0.5, 0.6) is 11.5 Å². The molecule has 2 N–H and O–H groups in total. The molecule has 6 heteroatoms. The molecule has 0 atom stereocenters. The van der Waals surface area contributed by atoms with E-state index in [-0.39, 0.29) is 23.4 Å². The Hall–Kier alpha value is -1.46. The number of carboxylic acids is 1. The number of nitrogens with zero attached hydrogens (tertiary/aromatic N) is 1. The molecule has 0 bridgehead atoms. The maximum atomic E-state index is 10.9. The van der Waals surface area contributed by atoms with E-state index in [2.05, 4.69) is 0 Å². The number of aliphatic carboxylic acids is 1. The maximum Gasteiger partial charge on any atom is 0.317 e. The number of phenols is 1. The summed E-state index contributed by atoms with van der Waals surface area (Å²) in [5.41, 5.74) is 0.797. The van der Waals surface area contributed by atoms with Gasteiger partial charge in [0.2, 0.25) is 0 Å². The van der Waals surface area contributed by atoms with Crippen LogP contribution in [0.15, 0.2) is 12.1 Å². The van der Waals surface area contributed by atoms with Crippen molar-refractivity contribution in [3.05, 3.63) is 22.7 Å². The van der Waals surface area contributed by atoms with Crippen molar-refractivity contribution in [3.8, 4) is 11.5 Å². The van der Waals surface area contributed by atoms with Gasteiger partial charge in [0, 0.05) is 12.6 Å². The van der Waals surface area contributed by atoms with Gasteiger partial charge in [-0.3, -0.25) is 9.69 Å². The molecule has 112 valence electrons. The third-order valence-corrected chi connectivity index (χ3v) is 3.13. The summed E-state index contributed by atoms with van der Waals surface area (Å²) in [6.45, 7) is 6.44. The average molecular weight is 302 g/mol. The quantitative estimate of drug-likeness (QED) is 0.810. The normalized spacial score (nSPS) is 11.1. The number of ether oxygens (including phenoxy) is 1. The van der Waals surface area contributed by atoms with Crippen molar-refractivity contribution in [1.82, 2.24) is 4.90 Å². The smallest absolute Gasteiger partial charge is 0.317 e. The van der Waals surface area contributed by atoms with Crippen LogP contribution in [0.2, 0.25) is 5.02 Å². The lowest BCUT2D eigenvalue weighted by Gasteiger charge is -2.25. The van der Waals surface area contributed by atoms with Gasteiger partial charge in [0.05, 0.1) is 18.2 Å². The zero-order valence-electron chi connectivity index (χ0n) is 11.9. The summed E-state index contributed by atoms with van der Waals surface area (Å²) in [6, 6.07) is 3.38. The highest BCUT2D eigenvalue weighted by Gasteiger charge is 2.16. The lowest BCUT2D eigenvalue weighted by atomic mass is 10.1. The van der Waals surface area contributed by atoms with Crippen LogP contribution in [-0.4, -0.2) is 40.3 Å². The second-order valence-electron chi connectivity index (χ2n) is 4.75. The van der Waals surface area contributed by atoms with Crippen molar-refractivity contribution >= 4 is 17.6 Å². The molecule has 0 radical (unpaired) electrons. The molecule has 20 heavy (non-hydrogen) atoms. The molecule has 0 amide bonds. The first kappa shape index (κ1) is 16.6. The lowest BCUT2D eigenvalue weighted by molar-refractivity contribution is -0.138. The molecule has 0 spiro atoms. The molecule has 1 aromatic rings. The first-order valence-electron chi connectivity index (χ1n) is 6.45. The number of rotatable bonds is 7. The van der Waals surface area contributed by atoms with Crippen LogP contribution in [0.1, 0.15) is 26.3 Å². The number of carbonyl (C=O) groups is 1. The summed E-state index contributed by atoms with van der Waals surface area (Å²) in [5, 5.41) is 18.9. The molecule has 0 fully saturated rings. The topological polar surface area (TPSA) is 70.0 Å². The van der Waals surface area contributed by atoms with Gasteiger partial charge in [-0.05, 0) is 38.5 Å². The van der Waals surface area contributed by atoms with Crippen LogP contribution in [0.25, 0.3) is 0 Å². The van der Waals surface area contributed by atoms with Crippen LogP contribution < -0.4 is 4.74 Å². The predicted octanol–water partition coefficient (Wildman–Crippen LogP) is 2.74. The van der Waals surface area contributed by atoms with Crippen molar-refractivity contribution in [2.45, 2.75) is 33.4 Å². The molecule has 1 aromatic carbocycles. The number of benzene rings is 1. The molecule has 0 saturated heterocycles. The number of carboxylic acid groups (broad SMARTS) is 1. The second-order valence-corrected chi connectivity index (χ2v) is 5.16. The largest absolute Gasteiger partial charge is 0.503 e. The zero-order chi connectivity index (χ0) is 15.3. The number of phenolic OH excluding ortho intramolecular Hbond substituents is 1. The Balaban J connectivity index is 2.97. The number of aromatic hydroxyl groups is 1. The Morgan fingerprint density at radius 3 is 2.60 bits per heavy atom. The lowest BCUT2D eigenvalue weighted by Crippen LogP contribution is -2.35. The molecular formula is C14H20ClNO4. The molecule has 0 unspecified atom stereocenters. The van der Waals surface area contributed by atoms with E-state index < -0.39 is 5.97 Å². The van der Waals surface area contributed by atoms with E-state index in [1.54, 1.807) is 17.0 Å². The van der Waals surface area contributed by atoms with Crippen LogP contribution >= 0.6 is 11.6 Å². The minimum absolute atomic E-state index is 0.0554. The van der Waals surface area contributed by atoms with E-state index in [1.165, 1.54) is 0 Å². The van der Waals surface area contributed by atoms with E-state index in [9.17, 15) is 9.90 Å². The standard InChI is InChI=1S/C14H20ClNO4/c1-4-20-12-6-10(5-11(15)14(12)19)7-16(9(2)3)8-13(17)18/h5-6,9,19H,4,7-8H2,1-3H3,(H,17,18). The molecule has 0 saturated carbocycles. The van der Waals surface area contributed by atoms with Gasteiger partial charge < -0.3 is 14.9 Å². The van der Waals surface area contributed by atoms with Crippen LogP contribution in [0, 0.1) is 0 Å². The van der Waals surface area contributed by atoms with Crippen LogP contribution in [0.3, 0.4) is 0 Å². The SMILES string of the molecule is CCOc1cc(CN(CC(=O)O)C(C)C)cc(Cl)c1O. The zero-order valence-corrected chi connectivity index (χ0v) is 12.6. The van der Waals surface area contributed by atoms with E-state index in [4.69, 9.17) is 21.4 Å². The van der Waals surface area contributed by atoms with Gasteiger partial charge in [-0.25, -0.2) is 0 Å². The Morgan fingerprint density at radius 2 is 2.10 bits per heavy atom. The van der Waals surface area contributed by atoms with E-state index in [1.807, 2.05) is 20.8 Å². The summed E-state index contributed by atoms with van der Waals surface area (Å²) in [7, 11) is 0. The third kappa shape index (κ3) is 4.58. The van der Waals surface area contributed by atoms with Crippen molar-refractivity contribution in [2.75, 3.05) is 13.2 Å². The minimum Gasteiger partial charge on any atom is -0.503 e. The van der Waals surface area contributed by atoms with E-state index in [0.717, 1.165) is 5.56 Å². The average Bonchev–Trinajstić information content (AvgIpc) is 2.34. The third-order valence-electron chi connectivity index (χ3n) is 2.84. The highest BCUT2D eigenvalue weighted by atomic mass is 35.5. The summed E-state index contributed by atoms with van der Waals surface area (Å²) in [4.78, 5) is 12.7. The first-order chi connectivity index (χ1) is 9.35. The molecule has 5 nitrogen and oxygen atoms in total. The molecular weight excluding hydrogens is 282 g/mol. The predicted molar refractivity (Wildman–Crippen MR) is 77.5 cm³/mol. The van der Waals surface area contributed by atoms with Crippen molar-refractivity contribution in [2.24, 2.45) is 0 Å². The van der Waals surface area contributed by atoms with Gasteiger partial charge >= 0.3 is 5.97 Å². The number of halogens is 1. The van der Waals surface area contributed by atoms with Crippen molar-refractivity contribution < 1.29 is 19.7 Å². The Kier molecular flexibility index (Phi) is 6.10. The molecule has 0 aromatic heterocycles. The Morgan fingerprint density at radius 1 is 1.45 bits per heavy atom. The van der Waals surface area contributed by atoms with Gasteiger partial charge in [0.25, 0.3) is 0 Å². The Labute approximate surface area is 123 Å². The number of hydrogen-bond donors (Lipinski definition) is 2. The monoisotopic (exact) mass is 301 g/mol. The molecule has 0 heterocycles. The Bertz CT molecular complexity index is 476. The summed E-state index contributed by atoms with van der Waals surface area (Å²) in [5.74, 6) is -0.658. The fourth-order valence-corrected chi connectivity index (χ4v) is 2.05.